The zero-order valence-corrected chi connectivity index (χ0v) is 15.6. The molecular weight excluding hydrogens is 336 g/mol. The SMILES string of the molecule is O=C(CCC1CCN(Cc2cccc(Cl)c2)CC1)NC[C@H]1CCCO1. The summed E-state index contributed by atoms with van der Waals surface area (Å²) in [5.41, 5.74) is 1.28. The Hall–Kier alpha value is -1.10. The van der Waals surface area contributed by atoms with Crippen LogP contribution in [0.4, 0.5) is 0 Å². The Morgan fingerprint density at radius 2 is 2.12 bits per heavy atom. The summed E-state index contributed by atoms with van der Waals surface area (Å²) in [4.78, 5) is 14.5. The van der Waals surface area contributed by atoms with Crippen LogP contribution in [0.3, 0.4) is 0 Å². The second kappa shape index (κ2) is 9.56. The minimum absolute atomic E-state index is 0.178. The predicted molar refractivity (Wildman–Crippen MR) is 101 cm³/mol. The van der Waals surface area contributed by atoms with Gasteiger partial charge in [0.1, 0.15) is 0 Å². The summed E-state index contributed by atoms with van der Waals surface area (Å²) in [7, 11) is 0. The van der Waals surface area contributed by atoms with E-state index in [-0.39, 0.29) is 12.0 Å². The van der Waals surface area contributed by atoms with Gasteiger partial charge in [-0.25, -0.2) is 0 Å². The molecule has 2 saturated heterocycles. The number of carbonyl (C=O) groups is 1. The second-order valence-corrected chi connectivity index (χ2v) is 7.76. The number of hydrogen-bond acceptors (Lipinski definition) is 3. The first-order valence-electron chi connectivity index (χ1n) is 9.54. The van der Waals surface area contributed by atoms with Gasteiger partial charge >= 0.3 is 0 Å². The fraction of sp³-hybridized carbons (Fsp3) is 0.650. The molecule has 138 valence electrons. The molecule has 0 bridgehead atoms. The smallest absolute Gasteiger partial charge is 0.220 e. The third-order valence-electron chi connectivity index (χ3n) is 5.33. The van der Waals surface area contributed by atoms with Crippen molar-refractivity contribution in [2.75, 3.05) is 26.2 Å². The number of benzene rings is 1. The molecule has 0 unspecified atom stereocenters. The maximum Gasteiger partial charge on any atom is 0.220 e. The highest BCUT2D eigenvalue weighted by Gasteiger charge is 2.21. The highest BCUT2D eigenvalue weighted by Crippen LogP contribution is 2.23. The molecule has 1 aromatic rings. The minimum atomic E-state index is 0.178. The standard InChI is InChI=1S/C20H29ClN2O2/c21-18-4-1-3-17(13-18)15-23-10-8-16(9-11-23)6-7-20(24)22-14-19-5-2-12-25-19/h1,3-4,13,16,19H,2,5-12,14-15H2,(H,22,24)/t19-/m1/s1. The van der Waals surface area contributed by atoms with E-state index in [2.05, 4.69) is 16.3 Å². The van der Waals surface area contributed by atoms with Gasteiger partial charge in [-0.3, -0.25) is 9.69 Å². The molecule has 2 aliphatic rings. The van der Waals surface area contributed by atoms with Gasteiger partial charge in [-0.1, -0.05) is 23.7 Å². The largest absolute Gasteiger partial charge is 0.376 e. The molecule has 1 N–H and O–H groups in total. The van der Waals surface area contributed by atoms with Crippen molar-refractivity contribution in [3.8, 4) is 0 Å². The van der Waals surface area contributed by atoms with Gasteiger partial charge in [0.25, 0.3) is 0 Å². The second-order valence-electron chi connectivity index (χ2n) is 7.33. The van der Waals surface area contributed by atoms with Crippen LogP contribution < -0.4 is 5.32 Å². The van der Waals surface area contributed by atoms with Crippen molar-refractivity contribution in [3.05, 3.63) is 34.9 Å². The van der Waals surface area contributed by atoms with E-state index in [0.717, 1.165) is 50.5 Å². The van der Waals surface area contributed by atoms with Crippen LogP contribution in [0.15, 0.2) is 24.3 Å². The van der Waals surface area contributed by atoms with Crippen LogP contribution in [-0.4, -0.2) is 43.2 Å². The van der Waals surface area contributed by atoms with E-state index in [0.29, 0.717) is 18.9 Å². The molecule has 0 aliphatic carbocycles. The molecule has 0 aromatic heterocycles. The van der Waals surface area contributed by atoms with E-state index in [1.807, 2.05) is 18.2 Å². The number of piperidine rings is 1. The number of nitrogens with zero attached hydrogens (tertiary/aromatic N) is 1. The van der Waals surface area contributed by atoms with Crippen LogP contribution in [0.25, 0.3) is 0 Å². The fourth-order valence-corrected chi connectivity index (χ4v) is 4.00. The van der Waals surface area contributed by atoms with Crippen molar-refractivity contribution >= 4 is 17.5 Å². The van der Waals surface area contributed by atoms with E-state index in [4.69, 9.17) is 16.3 Å². The fourth-order valence-electron chi connectivity index (χ4n) is 3.78. The summed E-state index contributed by atoms with van der Waals surface area (Å²) >= 11 is 6.06. The number of carbonyl (C=O) groups excluding carboxylic acids is 1. The minimum Gasteiger partial charge on any atom is -0.376 e. The van der Waals surface area contributed by atoms with Gasteiger partial charge < -0.3 is 10.1 Å². The van der Waals surface area contributed by atoms with Crippen LogP contribution >= 0.6 is 11.6 Å². The van der Waals surface area contributed by atoms with Crippen LogP contribution in [0.1, 0.15) is 44.1 Å². The number of halogens is 1. The number of ether oxygens (including phenoxy) is 1. The molecule has 25 heavy (non-hydrogen) atoms. The van der Waals surface area contributed by atoms with Gasteiger partial charge in [-0.2, -0.15) is 0 Å². The third-order valence-corrected chi connectivity index (χ3v) is 5.57. The third kappa shape index (κ3) is 6.28. The zero-order chi connectivity index (χ0) is 17.5. The van der Waals surface area contributed by atoms with Crippen LogP contribution in [0.5, 0.6) is 0 Å². The average molecular weight is 365 g/mol. The maximum absolute atomic E-state index is 12.0. The predicted octanol–water partition coefficient (Wildman–Crippen LogP) is 3.63. The molecule has 3 rings (SSSR count). The Kier molecular flexibility index (Phi) is 7.14. The van der Waals surface area contributed by atoms with Gasteiger partial charge in [-0.15, -0.1) is 0 Å². The summed E-state index contributed by atoms with van der Waals surface area (Å²) in [5, 5.41) is 3.83. The first-order chi connectivity index (χ1) is 12.2. The average Bonchev–Trinajstić information content (AvgIpc) is 3.13. The summed E-state index contributed by atoms with van der Waals surface area (Å²) in [6.45, 7) is 4.70. The molecule has 0 radical (unpaired) electrons. The van der Waals surface area contributed by atoms with Gasteiger partial charge in [0.2, 0.25) is 5.91 Å². The van der Waals surface area contributed by atoms with E-state index < -0.39 is 0 Å². The van der Waals surface area contributed by atoms with Gasteiger partial charge in [0, 0.05) is 31.1 Å². The number of likely N-dealkylation sites (tertiary alicyclic amines) is 1. The molecule has 1 amide bonds. The van der Waals surface area contributed by atoms with E-state index >= 15 is 0 Å². The quantitative estimate of drug-likeness (QED) is 0.803. The summed E-state index contributed by atoms with van der Waals surface area (Å²) in [5.74, 6) is 0.848. The number of nitrogens with one attached hydrogen (secondary N) is 1. The van der Waals surface area contributed by atoms with Crippen molar-refractivity contribution < 1.29 is 9.53 Å². The number of hydrogen-bond donors (Lipinski definition) is 1. The lowest BCUT2D eigenvalue weighted by molar-refractivity contribution is -0.122. The highest BCUT2D eigenvalue weighted by molar-refractivity contribution is 6.30. The molecule has 1 atom stereocenters. The molecule has 2 fully saturated rings. The lowest BCUT2D eigenvalue weighted by atomic mass is 9.92. The van der Waals surface area contributed by atoms with Crippen molar-refractivity contribution in [3.63, 3.8) is 0 Å². The van der Waals surface area contributed by atoms with Crippen molar-refractivity contribution in [2.24, 2.45) is 5.92 Å². The molecular formula is C20H29ClN2O2. The summed E-state index contributed by atoms with van der Waals surface area (Å²) < 4.78 is 5.54. The molecule has 4 nitrogen and oxygen atoms in total. The van der Waals surface area contributed by atoms with Crippen LogP contribution in [0.2, 0.25) is 5.02 Å². The lowest BCUT2D eigenvalue weighted by Crippen LogP contribution is -2.34. The molecule has 0 saturated carbocycles. The monoisotopic (exact) mass is 364 g/mol. The van der Waals surface area contributed by atoms with Crippen LogP contribution in [-0.2, 0) is 16.1 Å². The number of rotatable bonds is 7. The Morgan fingerprint density at radius 1 is 1.28 bits per heavy atom. The lowest BCUT2D eigenvalue weighted by Gasteiger charge is -2.32. The summed E-state index contributed by atoms with van der Waals surface area (Å²) in [6, 6.07) is 8.11. The first kappa shape index (κ1) is 18.7. The molecule has 0 spiro atoms. The zero-order valence-electron chi connectivity index (χ0n) is 14.9. The summed E-state index contributed by atoms with van der Waals surface area (Å²) in [6.07, 6.45) is 6.44. The Morgan fingerprint density at radius 3 is 2.84 bits per heavy atom. The Labute approximate surface area is 155 Å². The van der Waals surface area contributed by atoms with Crippen molar-refractivity contribution in [1.29, 1.82) is 0 Å². The van der Waals surface area contributed by atoms with Crippen molar-refractivity contribution in [1.82, 2.24) is 10.2 Å². The highest BCUT2D eigenvalue weighted by atomic mass is 35.5. The van der Waals surface area contributed by atoms with E-state index in [1.54, 1.807) is 0 Å². The topological polar surface area (TPSA) is 41.6 Å². The number of amides is 1. The van der Waals surface area contributed by atoms with Gasteiger partial charge in [-0.05, 0) is 68.8 Å². The molecule has 2 aliphatic heterocycles. The molecule has 1 aromatic carbocycles. The maximum atomic E-state index is 12.0. The first-order valence-corrected chi connectivity index (χ1v) is 9.92. The van der Waals surface area contributed by atoms with Gasteiger partial charge in [0.15, 0.2) is 0 Å². The van der Waals surface area contributed by atoms with E-state index in [9.17, 15) is 4.79 Å². The molecule has 5 heteroatoms. The normalized spacial score (nSPS) is 22.2. The molecule has 2 heterocycles. The van der Waals surface area contributed by atoms with Crippen LogP contribution in [0, 0.1) is 5.92 Å². The van der Waals surface area contributed by atoms with Gasteiger partial charge in [0.05, 0.1) is 6.10 Å². The van der Waals surface area contributed by atoms with Crippen molar-refractivity contribution in [2.45, 2.75) is 51.2 Å². The Bertz CT molecular complexity index is 552. The van der Waals surface area contributed by atoms with E-state index in [1.165, 1.54) is 18.4 Å². The Balaban J connectivity index is 1.30.